The first-order valence-corrected chi connectivity index (χ1v) is 6.39. The summed E-state index contributed by atoms with van der Waals surface area (Å²) >= 11 is 0. The largest absolute Gasteiger partial charge is 0.375 e. The van der Waals surface area contributed by atoms with Gasteiger partial charge in [0.25, 0.3) is 0 Å². The molecule has 0 aliphatic carbocycles. The van der Waals surface area contributed by atoms with Gasteiger partial charge in [0.05, 0.1) is 12.3 Å². The highest BCUT2D eigenvalue weighted by molar-refractivity contribution is 5.18. The van der Waals surface area contributed by atoms with E-state index in [1.165, 1.54) is 12.0 Å². The minimum atomic E-state index is 0.621. The van der Waals surface area contributed by atoms with Gasteiger partial charge in [0, 0.05) is 19.3 Å². The third-order valence-corrected chi connectivity index (χ3v) is 2.66. The van der Waals surface area contributed by atoms with Gasteiger partial charge in [0.2, 0.25) is 0 Å². The Morgan fingerprint density at radius 1 is 1.41 bits per heavy atom. The lowest BCUT2D eigenvalue weighted by Gasteiger charge is -2.09. The summed E-state index contributed by atoms with van der Waals surface area (Å²) in [5, 5.41) is 3.15. The Kier molecular flexibility index (Phi) is 6.82. The summed E-state index contributed by atoms with van der Waals surface area (Å²) in [5.41, 5.74) is 2.27. The van der Waals surface area contributed by atoms with E-state index < -0.39 is 0 Å². The molecule has 1 aromatic heterocycles. The van der Waals surface area contributed by atoms with E-state index in [-0.39, 0.29) is 0 Å². The average Bonchev–Trinajstić information content (AvgIpc) is 2.31. The minimum absolute atomic E-state index is 0.621. The first kappa shape index (κ1) is 14.1. The van der Waals surface area contributed by atoms with E-state index in [1.54, 1.807) is 0 Å². The Balaban J connectivity index is 2.30. The second-order valence-electron chi connectivity index (χ2n) is 4.73. The van der Waals surface area contributed by atoms with E-state index >= 15 is 0 Å². The van der Waals surface area contributed by atoms with Crippen molar-refractivity contribution in [3.05, 3.63) is 29.6 Å². The number of rotatable bonds is 8. The molecule has 1 aromatic rings. The van der Waals surface area contributed by atoms with Crippen LogP contribution in [0.5, 0.6) is 0 Å². The standard InChI is InChI=1S/C14H24N2O/c1-12(2)6-5-9-17-11-14-13(10-15-3)7-4-8-16-14/h4,7-8,12,15H,5-6,9-11H2,1-3H3. The van der Waals surface area contributed by atoms with Crippen LogP contribution in [0.4, 0.5) is 0 Å². The summed E-state index contributed by atoms with van der Waals surface area (Å²) in [4.78, 5) is 4.37. The van der Waals surface area contributed by atoms with Crippen molar-refractivity contribution in [2.24, 2.45) is 5.92 Å². The molecule has 0 spiro atoms. The fourth-order valence-corrected chi connectivity index (χ4v) is 1.72. The zero-order chi connectivity index (χ0) is 12.5. The van der Waals surface area contributed by atoms with E-state index in [0.29, 0.717) is 6.61 Å². The van der Waals surface area contributed by atoms with Gasteiger partial charge in [-0.05, 0) is 37.4 Å². The molecule has 0 aliphatic rings. The maximum atomic E-state index is 5.67. The van der Waals surface area contributed by atoms with Crippen LogP contribution < -0.4 is 5.32 Å². The van der Waals surface area contributed by atoms with Gasteiger partial charge in [-0.3, -0.25) is 4.98 Å². The van der Waals surface area contributed by atoms with Gasteiger partial charge in [-0.2, -0.15) is 0 Å². The van der Waals surface area contributed by atoms with Gasteiger partial charge >= 0.3 is 0 Å². The van der Waals surface area contributed by atoms with Crippen LogP contribution in [0.25, 0.3) is 0 Å². The summed E-state index contributed by atoms with van der Waals surface area (Å²) in [6.07, 6.45) is 4.18. The molecule has 1 heterocycles. The number of pyridine rings is 1. The van der Waals surface area contributed by atoms with Crippen molar-refractivity contribution in [1.29, 1.82) is 0 Å². The smallest absolute Gasteiger partial charge is 0.0891 e. The molecule has 96 valence electrons. The molecule has 0 saturated heterocycles. The molecule has 0 saturated carbocycles. The van der Waals surface area contributed by atoms with E-state index in [9.17, 15) is 0 Å². The van der Waals surface area contributed by atoms with Gasteiger partial charge in [0.1, 0.15) is 0 Å². The van der Waals surface area contributed by atoms with Crippen LogP contribution >= 0.6 is 0 Å². The highest BCUT2D eigenvalue weighted by Crippen LogP contribution is 2.08. The fraction of sp³-hybridized carbons (Fsp3) is 0.643. The quantitative estimate of drug-likeness (QED) is 0.705. The number of hydrogen-bond acceptors (Lipinski definition) is 3. The second kappa shape index (κ2) is 8.20. The van der Waals surface area contributed by atoms with Crippen LogP contribution in [0.1, 0.15) is 37.9 Å². The van der Waals surface area contributed by atoms with Gasteiger partial charge in [-0.25, -0.2) is 0 Å². The Morgan fingerprint density at radius 2 is 2.24 bits per heavy atom. The van der Waals surface area contributed by atoms with Gasteiger partial charge in [0.15, 0.2) is 0 Å². The third-order valence-electron chi connectivity index (χ3n) is 2.66. The van der Waals surface area contributed by atoms with Crippen molar-refractivity contribution >= 4 is 0 Å². The van der Waals surface area contributed by atoms with Gasteiger partial charge in [-0.1, -0.05) is 19.9 Å². The number of nitrogens with one attached hydrogen (secondary N) is 1. The zero-order valence-corrected chi connectivity index (χ0v) is 11.2. The lowest BCUT2D eigenvalue weighted by molar-refractivity contribution is 0.111. The normalized spacial score (nSPS) is 11.1. The van der Waals surface area contributed by atoms with Crippen molar-refractivity contribution < 1.29 is 4.74 Å². The molecule has 0 aliphatic heterocycles. The number of nitrogens with zero attached hydrogens (tertiary/aromatic N) is 1. The zero-order valence-electron chi connectivity index (χ0n) is 11.2. The first-order valence-electron chi connectivity index (χ1n) is 6.39. The number of hydrogen-bond donors (Lipinski definition) is 1. The van der Waals surface area contributed by atoms with Crippen LogP contribution in [0.3, 0.4) is 0 Å². The predicted molar refractivity (Wildman–Crippen MR) is 70.7 cm³/mol. The molecule has 1 rings (SSSR count). The van der Waals surface area contributed by atoms with Crippen molar-refractivity contribution in [1.82, 2.24) is 10.3 Å². The summed E-state index contributed by atoms with van der Waals surface area (Å²) in [6, 6.07) is 4.06. The molecule has 0 amide bonds. The Bertz CT molecular complexity index is 313. The lowest BCUT2D eigenvalue weighted by Crippen LogP contribution is -2.10. The van der Waals surface area contributed by atoms with Crippen LogP contribution in [-0.2, 0) is 17.9 Å². The van der Waals surface area contributed by atoms with Crippen LogP contribution in [0.2, 0.25) is 0 Å². The van der Waals surface area contributed by atoms with Gasteiger partial charge in [-0.15, -0.1) is 0 Å². The van der Waals surface area contributed by atoms with Crippen molar-refractivity contribution in [2.75, 3.05) is 13.7 Å². The molecule has 3 heteroatoms. The molecule has 17 heavy (non-hydrogen) atoms. The minimum Gasteiger partial charge on any atom is -0.375 e. The van der Waals surface area contributed by atoms with E-state index in [0.717, 1.165) is 31.2 Å². The summed E-state index contributed by atoms with van der Waals surface area (Å²) in [5.74, 6) is 0.758. The molecule has 1 N–H and O–H groups in total. The van der Waals surface area contributed by atoms with Crippen LogP contribution in [0, 0.1) is 5.92 Å². The molecule has 0 atom stereocenters. The fourth-order valence-electron chi connectivity index (χ4n) is 1.72. The monoisotopic (exact) mass is 236 g/mol. The molecule has 0 fully saturated rings. The number of ether oxygens (including phenoxy) is 1. The lowest BCUT2D eigenvalue weighted by atomic mass is 10.1. The topological polar surface area (TPSA) is 34.2 Å². The molecule has 0 radical (unpaired) electrons. The van der Waals surface area contributed by atoms with Crippen LogP contribution in [0.15, 0.2) is 18.3 Å². The van der Waals surface area contributed by atoms with E-state index in [2.05, 4.69) is 30.2 Å². The SMILES string of the molecule is CNCc1cccnc1COCCCC(C)C. The Labute approximate surface area is 105 Å². The van der Waals surface area contributed by atoms with Crippen LogP contribution in [-0.4, -0.2) is 18.6 Å². The third kappa shape index (κ3) is 5.80. The molecular weight excluding hydrogens is 212 g/mol. The summed E-state index contributed by atoms with van der Waals surface area (Å²) in [7, 11) is 1.94. The highest BCUT2D eigenvalue weighted by atomic mass is 16.5. The van der Waals surface area contributed by atoms with Gasteiger partial charge < -0.3 is 10.1 Å². The maximum absolute atomic E-state index is 5.67. The highest BCUT2D eigenvalue weighted by Gasteiger charge is 2.02. The molecule has 0 unspecified atom stereocenters. The van der Waals surface area contributed by atoms with Crippen molar-refractivity contribution in [3.63, 3.8) is 0 Å². The van der Waals surface area contributed by atoms with Crippen molar-refractivity contribution in [3.8, 4) is 0 Å². The summed E-state index contributed by atoms with van der Waals surface area (Å²) < 4.78 is 5.67. The average molecular weight is 236 g/mol. The van der Waals surface area contributed by atoms with Crippen molar-refractivity contribution in [2.45, 2.75) is 39.8 Å². The molecule has 3 nitrogen and oxygen atoms in total. The molecule has 0 bridgehead atoms. The summed E-state index contributed by atoms with van der Waals surface area (Å²) in [6.45, 7) is 6.77. The first-order chi connectivity index (χ1) is 8.24. The van der Waals surface area contributed by atoms with E-state index in [1.807, 2.05) is 19.3 Å². The Hall–Kier alpha value is -0.930. The van der Waals surface area contributed by atoms with E-state index in [4.69, 9.17) is 4.74 Å². The molecular formula is C14H24N2O. The Morgan fingerprint density at radius 3 is 2.94 bits per heavy atom. The molecule has 0 aromatic carbocycles. The predicted octanol–water partition coefficient (Wildman–Crippen LogP) is 2.75. The maximum Gasteiger partial charge on any atom is 0.0891 e. The number of aromatic nitrogens is 1. The second-order valence-corrected chi connectivity index (χ2v) is 4.73.